The van der Waals surface area contributed by atoms with Gasteiger partial charge in [0.2, 0.25) is 5.91 Å². The number of piperazine rings is 1. The van der Waals surface area contributed by atoms with Gasteiger partial charge in [-0.15, -0.1) is 6.58 Å². The van der Waals surface area contributed by atoms with Crippen LogP contribution >= 0.6 is 0 Å². The minimum Gasteiger partial charge on any atom is -0.481 e. The van der Waals surface area contributed by atoms with Gasteiger partial charge >= 0.3 is 5.97 Å². The number of carbonyl (C=O) groups is 3. The Hall–Kier alpha value is -2.63. The molecule has 1 heterocycles. The van der Waals surface area contributed by atoms with Gasteiger partial charge in [-0.2, -0.15) is 0 Å². The predicted molar refractivity (Wildman–Crippen MR) is 89.5 cm³/mol. The summed E-state index contributed by atoms with van der Waals surface area (Å²) in [5.74, 6) is -1.69. The molecule has 0 spiro atoms. The molecule has 6 heteroatoms. The fourth-order valence-corrected chi connectivity index (χ4v) is 2.84. The predicted octanol–water partition coefficient (Wildman–Crippen LogP) is 1.78. The molecule has 6 nitrogen and oxygen atoms in total. The molecule has 2 rings (SSSR count). The molecule has 2 amide bonds. The maximum absolute atomic E-state index is 12.7. The second-order valence-corrected chi connectivity index (χ2v) is 5.73. The van der Waals surface area contributed by atoms with Gasteiger partial charge in [-0.25, -0.2) is 0 Å². The van der Waals surface area contributed by atoms with Gasteiger partial charge in [-0.3, -0.25) is 14.4 Å². The topological polar surface area (TPSA) is 77.9 Å². The summed E-state index contributed by atoms with van der Waals surface area (Å²) in [5.41, 5.74) is 0.459. The highest BCUT2D eigenvalue weighted by Gasteiger charge is 2.38. The smallest absolute Gasteiger partial charge is 0.305 e. The van der Waals surface area contributed by atoms with Gasteiger partial charge < -0.3 is 14.9 Å². The Kier molecular flexibility index (Phi) is 6.12. The van der Waals surface area contributed by atoms with Crippen LogP contribution < -0.4 is 0 Å². The summed E-state index contributed by atoms with van der Waals surface area (Å²) in [5, 5.41) is 9.13. The lowest BCUT2D eigenvalue weighted by Crippen LogP contribution is -2.59. The first-order valence-corrected chi connectivity index (χ1v) is 8.02. The third-order valence-electron chi connectivity index (χ3n) is 4.07. The van der Waals surface area contributed by atoms with Gasteiger partial charge in [0.05, 0.1) is 6.42 Å². The highest BCUT2D eigenvalue weighted by atomic mass is 16.4. The van der Waals surface area contributed by atoms with Crippen LogP contribution in [0.2, 0.25) is 0 Å². The standard InChI is InChI=1S/C18H22N2O4/c1-2-3-7-10-19-11-12-20(15(18(19)24)13-16(21)22)17(23)14-8-5-4-6-9-14/h2,4-6,8-9,15H,1,3,7,10-13H2,(H,21,22). The van der Waals surface area contributed by atoms with Crippen LogP contribution in [0.25, 0.3) is 0 Å². The van der Waals surface area contributed by atoms with E-state index >= 15 is 0 Å². The normalized spacial score (nSPS) is 17.7. The number of hydrogen-bond donors (Lipinski definition) is 1. The number of rotatable bonds is 7. The molecule has 1 fully saturated rings. The molecular weight excluding hydrogens is 308 g/mol. The number of allylic oxidation sites excluding steroid dienone is 1. The quantitative estimate of drug-likeness (QED) is 0.611. The Labute approximate surface area is 141 Å². The molecule has 0 radical (unpaired) electrons. The van der Waals surface area contributed by atoms with E-state index in [-0.39, 0.29) is 18.2 Å². The zero-order valence-electron chi connectivity index (χ0n) is 13.6. The number of carboxylic acids is 1. The highest BCUT2D eigenvalue weighted by molar-refractivity contribution is 5.99. The van der Waals surface area contributed by atoms with E-state index in [0.29, 0.717) is 25.2 Å². The maximum Gasteiger partial charge on any atom is 0.305 e. The van der Waals surface area contributed by atoms with Gasteiger partial charge in [0.15, 0.2) is 0 Å². The summed E-state index contributed by atoms with van der Waals surface area (Å²) < 4.78 is 0. The first kappa shape index (κ1) is 17.7. The van der Waals surface area contributed by atoms with E-state index in [1.165, 1.54) is 4.90 Å². The number of hydrogen-bond acceptors (Lipinski definition) is 3. The van der Waals surface area contributed by atoms with Crippen LogP contribution in [0.15, 0.2) is 43.0 Å². The first-order chi connectivity index (χ1) is 11.5. The Balaban J connectivity index is 2.16. The fraction of sp³-hybridized carbons (Fsp3) is 0.389. The molecule has 24 heavy (non-hydrogen) atoms. The molecule has 1 unspecified atom stereocenters. The van der Waals surface area contributed by atoms with Crippen molar-refractivity contribution in [3.05, 3.63) is 48.6 Å². The van der Waals surface area contributed by atoms with Crippen LogP contribution in [0, 0.1) is 0 Å². The van der Waals surface area contributed by atoms with Gasteiger partial charge in [0, 0.05) is 25.2 Å². The average Bonchev–Trinajstić information content (AvgIpc) is 2.58. The van der Waals surface area contributed by atoms with Crippen molar-refractivity contribution in [2.75, 3.05) is 19.6 Å². The van der Waals surface area contributed by atoms with E-state index in [2.05, 4.69) is 6.58 Å². The van der Waals surface area contributed by atoms with Gasteiger partial charge in [-0.05, 0) is 25.0 Å². The first-order valence-electron chi connectivity index (χ1n) is 8.02. The monoisotopic (exact) mass is 330 g/mol. The Morgan fingerprint density at radius 2 is 1.96 bits per heavy atom. The molecular formula is C18H22N2O4. The van der Waals surface area contributed by atoms with Crippen molar-refractivity contribution in [2.45, 2.75) is 25.3 Å². The number of amides is 2. The second-order valence-electron chi connectivity index (χ2n) is 5.73. The van der Waals surface area contributed by atoms with E-state index < -0.39 is 12.0 Å². The van der Waals surface area contributed by atoms with Crippen molar-refractivity contribution < 1.29 is 19.5 Å². The molecule has 1 atom stereocenters. The van der Waals surface area contributed by atoms with Gasteiger partial charge in [0.1, 0.15) is 6.04 Å². The van der Waals surface area contributed by atoms with E-state index in [1.54, 1.807) is 41.3 Å². The minimum atomic E-state index is -1.09. The average molecular weight is 330 g/mol. The zero-order valence-corrected chi connectivity index (χ0v) is 13.6. The Morgan fingerprint density at radius 1 is 1.25 bits per heavy atom. The molecule has 0 aromatic heterocycles. The maximum atomic E-state index is 12.7. The molecule has 1 aliphatic heterocycles. The van der Waals surface area contributed by atoms with Crippen LogP contribution in [-0.4, -0.2) is 58.4 Å². The molecule has 1 aliphatic rings. The van der Waals surface area contributed by atoms with Crippen molar-refractivity contribution in [2.24, 2.45) is 0 Å². The van der Waals surface area contributed by atoms with Crippen molar-refractivity contribution >= 4 is 17.8 Å². The summed E-state index contributed by atoms with van der Waals surface area (Å²) >= 11 is 0. The molecule has 1 saturated heterocycles. The fourth-order valence-electron chi connectivity index (χ4n) is 2.84. The van der Waals surface area contributed by atoms with Crippen LogP contribution in [0.5, 0.6) is 0 Å². The summed E-state index contributed by atoms with van der Waals surface area (Å²) in [6.45, 7) is 4.96. The van der Waals surface area contributed by atoms with E-state index in [9.17, 15) is 14.4 Å². The zero-order chi connectivity index (χ0) is 17.5. The van der Waals surface area contributed by atoms with Crippen LogP contribution in [-0.2, 0) is 9.59 Å². The number of aliphatic carboxylic acids is 1. The number of carboxylic acid groups (broad SMARTS) is 1. The van der Waals surface area contributed by atoms with E-state index in [0.717, 1.165) is 12.8 Å². The van der Waals surface area contributed by atoms with Crippen molar-refractivity contribution in [1.29, 1.82) is 0 Å². The molecule has 128 valence electrons. The third-order valence-corrected chi connectivity index (χ3v) is 4.07. The lowest BCUT2D eigenvalue weighted by atomic mass is 10.0. The summed E-state index contributed by atoms with van der Waals surface area (Å²) in [6.07, 6.45) is 2.98. The summed E-state index contributed by atoms with van der Waals surface area (Å²) in [6, 6.07) is 7.67. The van der Waals surface area contributed by atoms with Gasteiger partial charge in [0.25, 0.3) is 5.91 Å². The number of unbranched alkanes of at least 4 members (excludes halogenated alkanes) is 1. The lowest BCUT2D eigenvalue weighted by molar-refractivity contribution is -0.147. The molecule has 0 aliphatic carbocycles. The lowest BCUT2D eigenvalue weighted by Gasteiger charge is -2.40. The van der Waals surface area contributed by atoms with Crippen LogP contribution in [0.4, 0.5) is 0 Å². The second kappa shape index (κ2) is 8.29. The Morgan fingerprint density at radius 3 is 2.58 bits per heavy atom. The Bertz CT molecular complexity index is 615. The number of carbonyl (C=O) groups excluding carboxylic acids is 2. The molecule has 1 aromatic carbocycles. The summed E-state index contributed by atoms with van der Waals surface area (Å²) in [4.78, 5) is 39.5. The minimum absolute atomic E-state index is 0.294. The summed E-state index contributed by atoms with van der Waals surface area (Å²) in [7, 11) is 0. The number of benzene rings is 1. The highest BCUT2D eigenvalue weighted by Crippen LogP contribution is 2.18. The number of nitrogens with zero attached hydrogens (tertiary/aromatic N) is 2. The molecule has 0 bridgehead atoms. The largest absolute Gasteiger partial charge is 0.481 e. The van der Waals surface area contributed by atoms with E-state index in [4.69, 9.17) is 5.11 Å². The molecule has 0 saturated carbocycles. The van der Waals surface area contributed by atoms with Crippen molar-refractivity contribution in [3.8, 4) is 0 Å². The van der Waals surface area contributed by atoms with Gasteiger partial charge in [-0.1, -0.05) is 24.3 Å². The van der Waals surface area contributed by atoms with E-state index in [1.807, 2.05) is 0 Å². The molecule has 1 N–H and O–H groups in total. The van der Waals surface area contributed by atoms with Crippen molar-refractivity contribution in [3.63, 3.8) is 0 Å². The van der Waals surface area contributed by atoms with Crippen molar-refractivity contribution in [1.82, 2.24) is 9.80 Å². The van der Waals surface area contributed by atoms with Crippen LogP contribution in [0.1, 0.15) is 29.6 Å². The van der Waals surface area contributed by atoms with Crippen LogP contribution in [0.3, 0.4) is 0 Å². The third kappa shape index (κ3) is 4.22. The SMILES string of the molecule is C=CCCCN1CCN(C(=O)c2ccccc2)C(CC(=O)O)C1=O. The molecule has 1 aromatic rings.